The van der Waals surface area contributed by atoms with E-state index in [0.29, 0.717) is 16.4 Å². The van der Waals surface area contributed by atoms with Gasteiger partial charge in [0.1, 0.15) is 0 Å². The van der Waals surface area contributed by atoms with Gasteiger partial charge in [-0.2, -0.15) is 0 Å². The van der Waals surface area contributed by atoms with Crippen LogP contribution in [0, 0.1) is 5.92 Å². The predicted molar refractivity (Wildman–Crippen MR) is 99.3 cm³/mol. The number of hydrogen-bond acceptors (Lipinski definition) is 2. The summed E-state index contributed by atoms with van der Waals surface area (Å²) in [5.41, 5.74) is 3.40. The lowest BCUT2D eigenvalue weighted by atomic mass is 10.1. The number of halogens is 1. The highest BCUT2D eigenvalue weighted by molar-refractivity contribution is 6.30. The molecule has 2 N–H and O–H groups in total. The summed E-state index contributed by atoms with van der Waals surface area (Å²) in [6.07, 6.45) is 2.85. The lowest BCUT2D eigenvalue weighted by Crippen LogP contribution is -2.30. The number of fused-ring (bicyclic) bond motifs is 1. The smallest absolute Gasteiger partial charge is 0.312 e. The average molecular weight is 356 g/mol. The Morgan fingerprint density at radius 1 is 1.00 bits per heavy atom. The second-order valence-electron chi connectivity index (χ2n) is 6.44. The first-order valence-corrected chi connectivity index (χ1v) is 8.76. The summed E-state index contributed by atoms with van der Waals surface area (Å²) in [4.78, 5) is 26.4. The minimum absolute atomic E-state index is 0.191. The van der Waals surface area contributed by atoms with Gasteiger partial charge in [-0.25, -0.2) is 4.79 Å². The molecule has 2 aliphatic rings. The van der Waals surface area contributed by atoms with Gasteiger partial charge in [0, 0.05) is 34.5 Å². The van der Waals surface area contributed by atoms with Gasteiger partial charge in [-0.05, 0) is 61.2 Å². The van der Waals surface area contributed by atoms with Crippen molar-refractivity contribution in [3.8, 4) is 0 Å². The normalized spacial score (nSPS) is 15.6. The molecule has 0 radical (unpaired) electrons. The lowest BCUT2D eigenvalue weighted by molar-refractivity contribution is -0.119. The summed E-state index contributed by atoms with van der Waals surface area (Å²) < 4.78 is 0. The van der Waals surface area contributed by atoms with Crippen LogP contribution in [0.3, 0.4) is 0 Å². The first-order chi connectivity index (χ1) is 12.1. The highest BCUT2D eigenvalue weighted by atomic mass is 35.5. The Balaban J connectivity index is 1.46. The zero-order chi connectivity index (χ0) is 17.4. The molecule has 1 fully saturated rings. The van der Waals surface area contributed by atoms with E-state index in [1.807, 2.05) is 23.1 Å². The Morgan fingerprint density at radius 3 is 2.40 bits per heavy atom. The fourth-order valence-electron chi connectivity index (χ4n) is 3.06. The average Bonchev–Trinajstić information content (AvgIpc) is 3.36. The van der Waals surface area contributed by atoms with Crippen LogP contribution in [0.1, 0.15) is 18.4 Å². The highest BCUT2D eigenvalue weighted by Gasteiger charge is 2.36. The van der Waals surface area contributed by atoms with Crippen molar-refractivity contribution in [3.05, 3.63) is 53.1 Å². The van der Waals surface area contributed by atoms with Gasteiger partial charge < -0.3 is 15.5 Å². The van der Waals surface area contributed by atoms with Gasteiger partial charge in [0.2, 0.25) is 5.91 Å². The molecule has 2 aromatic carbocycles. The van der Waals surface area contributed by atoms with Crippen molar-refractivity contribution < 1.29 is 9.59 Å². The summed E-state index contributed by atoms with van der Waals surface area (Å²) in [6.45, 7) is 0.727. The number of carbonyl (C=O) groups is 2. The lowest BCUT2D eigenvalue weighted by Gasteiger charge is -2.18. The van der Waals surface area contributed by atoms with Crippen LogP contribution >= 0.6 is 11.6 Å². The molecule has 6 heteroatoms. The number of anilines is 3. The molecule has 0 bridgehead atoms. The van der Waals surface area contributed by atoms with Crippen LogP contribution in [0.15, 0.2) is 42.5 Å². The van der Waals surface area contributed by atoms with Gasteiger partial charge in [-0.3, -0.25) is 4.79 Å². The van der Waals surface area contributed by atoms with Crippen molar-refractivity contribution >= 4 is 40.6 Å². The van der Waals surface area contributed by atoms with E-state index in [2.05, 4.69) is 10.6 Å². The Morgan fingerprint density at radius 2 is 1.68 bits per heavy atom. The fraction of sp³-hybridized carbons (Fsp3) is 0.263. The Bertz CT molecular complexity index is 831. The van der Waals surface area contributed by atoms with Crippen LogP contribution in [-0.4, -0.2) is 18.5 Å². The number of benzene rings is 2. The van der Waals surface area contributed by atoms with Crippen LogP contribution in [0.4, 0.5) is 21.9 Å². The van der Waals surface area contributed by atoms with Gasteiger partial charge in [-0.15, -0.1) is 0 Å². The number of rotatable bonds is 3. The molecule has 2 aromatic rings. The molecule has 0 spiro atoms. The SMILES string of the molecule is O=C(Nc1ccc(Cl)cc1)Nc1ccc2c(c1)N(C(=O)C1CC1)CC2. The second kappa shape index (κ2) is 6.41. The molecule has 1 aliphatic heterocycles. The van der Waals surface area contributed by atoms with Crippen molar-refractivity contribution in [1.29, 1.82) is 0 Å². The van der Waals surface area contributed by atoms with Crippen LogP contribution in [0.25, 0.3) is 0 Å². The number of amides is 3. The third-order valence-electron chi connectivity index (χ3n) is 4.53. The molecular formula is C19H18ClN3O2. The third-order valence-corrected chi connectivity index (χ3v) is 4.79. The van der Waals surface area contributed by atoms with Crippen molar-refractivity contribution in [2.75, 3.05) is 22.1 Å². The minimum Gasteiger partial charge on any atom is -0.312 e. The molecule has 0 unspecified atom stereocenters. The zero-order valence-electron chi connectivity index (χ0n) is 13.6. The standard InChI is InChI=1S/C19H18ClN3O2/c20-14-4-7-15(8-5-14)21-19(25)22-16-6-3-12-9-10-23(17(12)11-16)18(24)13-1-2-13/h3-8,11,13H,1-2,9-10H2,(H2,21,22,25). The third kappa shape index (κ3) is 3.46. The number of hydrogen-bond donors (Lipinski definition) is 2. The summed E-state index contributed by atoms with van der Waals surface area (Å²) in [7, 11) is 0. The first-order valence-electron chi connectivity index (χ1n) is 8.38. The van der Waals surface area contributed by atoms with Crippen LogP contribution < -0.4 is 15.5 Å². The van der Waals surface area contributed by atoms with Gasteiger partial charge in [0.25, 0.3) is 0 Å². The zero-order valence-corrected chi connectivity index (χ0v) is 14.3. The van der Waals surface area contributed by atoms with Gasteiger partial charge in [0.15, 0.2) is 0 Å². The van der Waals surface area contributed by atoms with E-state index in [0.717, 1.165) is 37.1 Å². The topological polar surface area (TPSA) is 61.4 Å². The minimum atomic E-state index is -0.333. The van der Waals surface area contributed by atoms with Crippen molar-refractivity contribution in [2.24, 2.45) is 5.92 Å². The maximum absolute atomic E-state index is 12.4. The molecular weight excluding hydrogens is 338 g/mol. The largest absolute Gasteiger partial charge is 0.323 e. The van der Waals surface area contributed by atoms with Gasteiger partial charge >= 0.3 is 6.03 Å². The van der Waals surface area contributed by atoms with Crippen LogP contribution in [0.5, 0.6) is 0 Å². The maximum atomic E-state index is 12.4. The summed E-state index contributed by atoms with van der Waals surface area (Å²) in [6, 6.07) is 12.3. The first kappa shape index (κ1) is 16.0. The van der Waals surface area contributed by atoms with E-state index >= 15 is 0 Å². The number of carbonyl (C=O) groups excluding carboxylic acids is 2. The van der Waals surface area contributed by atoms with E-state index in [-0.39, 0.29) is 17.9 Å². The van der Waals surface area contributed by atoms with E-state index in [1.54, 1.807) is 24.3 Å². The van der Waals surface area contributed by atoms with Crippen molar-refractivity contribution in [2.45, 2.75) is 19.3 Å². The molecule has 5 nitrogen and oxygen atoms in total. The van der Waals surface area contributed by atoms with Gasteiger partial charge in [0.05, 0.1) is 0 Å². The summed E-state index contributed by atoms with van der Waals surface area (Å²) in [5.74, 6) is 0.400. The monoisotopic (exact) mass is 355 g/mol. The van der Waals surface area contributed by atoms with E-state index in [4.69, 9.17) is 11.6 Å². The van der Waals surface area contributed by atoms with Crippen molar-refractivity contribution in [1.82, 2.24) is 0 Å². The Hall–Kier alpha value is -2.53. The van der Waals surface area contributed by atoms with E-state index in [9.17, 15) is 9.59 Å². The van der Waals surface area contributed by atoms with Crippen LogP contribution in [-0.2, 0) is 11.2 Å². The van der Waals surface area contributed by atoms with Gasteiger partial charge in [-0.1, -0.05) is 17.7 Å². The number of urea groups is 1. The Labute approximate surface area is 151 Å². The second-order valence-corrected chi connectivity index (χ2v) is 6.88. The summed E-state index contributed by atoms with van der Waals surface area (Å²) in [5, 5.41) is 6.19. The molecule has 1 heterocycles. The predicted octanol–water partition coefficient (Wildman–Crippen LogP) is 4.28. The molecule has 4 rings (SSSR count). The number of nitrogens with zero attached hydrogens (tertiary/aromatic N) is 1. The summed E-state index contributed by atoms with van der Waals surface area (Å²) >= 11 is 5.84. The quantitative estimate of drug-likeness (QED) is 0.863. The maximum Gasteiger partial charge on any atom is 0.323 e. The molecule has 0 aromatic heterocycles. The van der Waals surface area contributed by atoms with E-state index < -0.39 is 0 Å². The molecule has 0 atom stereocenters. The molecule has 1 saturated carbocycles. The fourth-order valence-corrected chi connectivity index (χ4v) is 3.19. The van der Waals surface area contributed by atoms with Crippen LogP contribution in [0.2, 0.25) is 5.02 Å². The molecule has 3 amide bonds. The Kier molecular flexibility index (Phi) is 4.09. The highest BCUT2D eigenvalue weighted by Crippen LogP contribution is 2.37. The molecule has 0 saturated heterocycles. The molecule has 1 aliphatic carbocycles. The van der Waals surface area contributed by atoms with Crippen molar-refractivity contribution in [3.63, 3.8) is 0 Å². The molecule has 25 heavy (non-hydrogen) atoms. The number of nitrogens with one attached hydrogen (secondary N) is 2. The van der Waals surface area contributed by atoms with E-state index in [1.165, 1.54) is 0 Å². The molecule has 128 valence electrons.